The molecular weight excluding hydrogens is 222 g/mol. The highest BCUT2D eigenvalue weighted by atomic mass is 35.5. The van der Waals surface area contributed by atoms with Crippen LogP contribution in [0.25, 0.3) is 5.69 Å². The van der Waals surface area contributed by atoms with Crippen LogP contribution >= 0.6 is 11.6 Å². The molecule has 0 fully saturated rings. The van der Waals surface area contributed by atoms with Crippen molar-refractivity contribution in [1.82, 2.24) is 15.1 Å². The molecule has 0 bridgehead atoms. The van der Waals surface area contributed by atoms with Crippen molar-refractivity contribution in [2.75, 3.05) is 7.05 Å². The lowest BCUT2D eigenvalue weighted by Crippen LogP contribution is -2.06. The van der Waals surface area contributed by atoms with Gasteiger partial charge in [-0.25, -0.2) is 4.68 Å². The van der Waals surface area contributed by atoms with Gasteiger partial charge in [0.1, 0.15) is 0 Å². The van der Waals surface area contributed by atoms with Gasteiger partial charge in [-0.15, -0.1) is 0 Å². The fourth-order valence-corrected chi connectivity index (χ4v) is 1.77. The van der Waals surface area contributed by atoms with E-state index in [1.54, 1.807) is 0 Å². The summed E-state index contributed by atoms with van der Waals surface area (Å²) < 4.78 is 1.81. The van der Waals surface area contributed by atoms with Crippen molar-refractivity contribution in [2.24, 2.45) is 0 Å². The summed E-state index contributed by atoms with van der Waals surface area (Å²) in [6.45, 7) is 2.80. The third-order valence-corrected chi connectivity index (χ3v) is 2.67. The van der Waals surface area contributed by atoms with Gasteiger partial charge in [-0.2, -0.15) is 5.10 Å². The summed E-state index contributed by atoms with van der Waals surface area (Å²) in [6, 6.07) is 7.89. The predicted octanol–water partition coefficient (Wildman–Crippen LogP) is 2.55. The van der Waals surface area contributed by atoms with Gasteiger partial charge in [0, 0.05) is 12.7 Å². The maximum Gasteiger partial charge on any atom is 0.0834 e. The first-order valence-corrected chi connectivity index (χ1v) is 5.54. The lowest BCUT2D eigenvalue weighted by molar-refractivity contribution is 0.757. The third-order valence-electron chi connectivity index (χ3n) is 2.35. The zero-order chi connectivity index (χ0) is 11.5. The second kappa shape index (κ2) is 4.68. The Bertz CT molecular complexity index is 491. The molecule has 1 N–H and O–H groups in total. The fraction of sp³-hybridized carbons (Fsp3) is 0.250. The molecule has 1 aromatic heterocycles. The molecule has 0 saturated heterocycles. The number of hydrogen-bond acceptors (Lipinski definition) is 2. The van der Waals surface area contributed by atoms with E-state index >= 15 is 0 Å². The average Bonchev–Trinajstić information content (AvgIpc) is 2.71. The van der Waals surface area contributed by atoms with E-state index < -0.39 is 0 Å². The summed E-state index contributed by atoms with van der Waals surface area (Å²) >= 11 is 6.14. The molecule has 1 aromatic carbocycles. The maximum absolute atomic E-state index is 6.14. The minimum absolute atomic E-state index is 0.713. The van der Waals surface area contributed by atoms with Gasteiger partial charge in [0.05, 0.1) is 16.4 Å². The van der Waals surface area contributed by atoms with Crippen LogP contribution in [0.1, 0.15) is 11.3 Å². The molecule has 16 heavy (non-hydrogen) atoms. The van der Waals surface area contributed by atoms with Gasteiger partial charge in [0.2, 0.25) is 0 Å². The summed E-state index contributed by atoms with van der Waals surface area (Å²) in [5, 5.41) is 8.22. The molecule has 0 aliphatic heterocycles. The molecule has 3 nitrogen and oxygen atoms in total. The molecule has 0 saturated carbocycles. The highest BCUT2D eigenvalue weighted by Crippen LogP contribution is 2.21. The molecular formula is C12H14ClN3. The number of benzene rings is 1. The molecule has 0 amide bonds. The first-order valence-electron chi connectivity index (χ1n) is 5.16. The molecule has 0 spiro atoms. The topological polar surface area (TPSA) is 29.9 Å². The van der Waals surface area contributed by atoms with E-state index in [-0.39, 0.29) is 0 Å². The van der Waals surface area contributed by atoms with E-state index in [0.29, 0.717) is 5.02 Å². The number of nitrogens with one attached hydrogen (secondary N) is 1. The van der Waals surface area contributed by atoms with Gasteiger partial charge in [-0.3, -0.25) is 0 Å². The summed E-state index contributed by atoms with van der Waals surface area (Å²) in [5.41, 5.74) is 3.09. The van der Waals surface area contributed by atoms with Crippen LogP contribution in [0.2, 0.25) is 5.02 Å². The molecule has 2 aromatic rings. The second-order valence-corrected chi connectivity index (χ2v) is 4.14. The molecule has 4 heteroatoms. The van der Waals surface area contributed by atoms with Crippen molar-refractivity contribution < 1.29 is 0 Å². The van der Waals surface area contributed by atoms with E-state index in [1.165, 1.54) is 5.56 Å². The number of aromatic nitrogens is 2. The largest absolute Gasteiger partial charge is 0.314 e. The number of nitrogens with zero attached hydrogens (tertiary/aromatic N) is 2. The quantitative estimate of drug-likeness (QED) is 0.886. The molecule has 0 aliphatic carbocycles. The highest BCUT2D eigenvalue weighted by molar-refractivity contribution is 6.32. The zero-order valence-corrected chi connectivity index (χ0v) is 10.1. The van der Waals surface area contributed by atoms with E-state index in [4.69, 9.17) is 11.6 Å². The van der Waals surface area contributed by atoms with Crippen LogP contribution in [0, 0.1) is 6.92 Å². The summed E-state index contributed by atoms with van der Waals surface area (Å²) in [4.78, 5) is 0. The van der Waals surface area contributed by atoms with E-state index in [0.717, 1.165) is 17.9 Å². The maximum atomic E-state index is 6.14. The van der Waals surface area contributed by atoms with Gasteiger partial charge in [-0.05, 0) is 37.7 Å². The Hall–Kier alpha value is -1.32. The van der Waals surface area contributed by atoms with Gasteiger partial charge in [0.25, 0.3) is 0 Å². The average molecular weight is 236 g/mol. The van der Waals surface area contributed by atoms with Crippen LogP contribution in [-0.4, -0.2) is 16.8 Å². The Morgan fingerprint density at radius 3 is 2.94 bits per heavy atom. The normalized spacial score (nSPS) is 10.7. The van der Waals surface area contributed by atoms with Crippen LogP contribution in [0.3, 0.4) is 0 Å². The first-order chi connectivity index (χ1) is 7.70. The third kappa shape index (κ3) is 2.26. The van der Waals surface area contributed by atoms with Crippen LogP contribution in [0.5, 0.6) is 0 Å². The smallest absolute Gasteiger partial charge is 0.0834 e. The number of rotatable bonds is 3. The Kier molecular flexibility index (Phi) is 3.27. The highest BCUT2D eigenvalue weighted by Gasteiger charge is 2.05. The van der Waals surface area contributed by atoms with Crippen molar-refractivity contribution in [1.29, 1.82) is 0 Å². The van der Waals surface area contributed by atoms with Crippen molar-refractivity contribution in [2.45, 2.75) is 13.5 Å². The zero-order valence-electron chi connectivity index (χ0n) is 9.37. The minimum Gasteiger partial charge on any atom is -0.314 e. The molecule has 2 rings (SSSR count). The minimum atomic E-state index is 0.713. The second-order valence-electron chi connectivity index (χ2n) is 3.74. The molecule has 0 unspecified atom stereocenters. The van der Waals surface area contributed by atoms with Crippen LogP contribution in [-0.2, 0) is 6.54 Å². The summed E-state index contributed by atoms with van der Waals surface area (Å²) in [7, 11) is 1.90. The lowest BCUT2D eigenvalue weighted by atomic mass is 10.2. The SMILES string of the molecule is CNCc1ccn(-c2cc(C)ccc2Cl)n1. The monoisotopic (exact) mass is 235 g/mol. The molecule has 0 radical (unpaired) electrons. The Labute approximate surface area is 100 Å². The van der Waals surface area contributed by atoms with Gasteiger partial charge in [0.15, 0.2) is 0 Å². The first kappa shape index (κ1) is 11.2. The Morgan fingerprint density at radius 2 is 2.19 bits per heavy atom. The van der Waals surface area contributed by atoms with E-state index in [2.05, 4.69) is 10.4 Å². The Morgan fingerprint density at radius 1 is 1.38 bits per heavy atom. The van der Waals surface area contributed by atoms with Crippen molar-refractivity contribution in [3.63, 3.8) is 0 Å². The molecule has 84 valence electrons. The lowest BCUT2D eigenvalue weighted by Gasteiger charge is -2.05. The van der Waals surface area contributed by atoms with Gasteiger partial charge in [-0.1, -0.05) is 17.7 Å². The molecule has 0 aliphatic rings. The van der Waals surface area contributed by atoms with Crippen molar-refractivity contribution in [3.05, 3.63) is 46.7 Å². The number of aryl methyl sites for hydroxylation is 1. The Balaban J connectivity index is 2.38. The fourth-order valence-electron chi connectivity index (χ4n) is 1.57. The summed E-state index contributed by atoms with van der Waals surface area (Å²) in [6.07, 6.45) is 1.92. The van der Waals surface area contributed by atoms with E-state index in [9.17, 15) is 0 Å². The number of hydrogen-bond donors (Lipinski definition) is 1. The standard InChI is InChI=1S/C12H14ClN3/c1-9-3-4-11(13)12(7-9)16-6-5-10(15-16)8-14-2/h3-7,14H,8H2,1-2H3. The predicted molar refractivity (Wildman–Crippen MR) is 66.1 cm³/mol. The molecule has 1 heterocycles. The van der Waals surface area contributed by atoms with Crippen LogP contribution in [0.4, 0.5) is 0 Å². The van der Waals surface area contributed by atoms with Gasteiger partial charge >= 0.3 is 0 Å². The van der Waals surface area contributed by atoms with Crippen molar-refractivity contribution in [3.8, 4) is 5.69 Å². The van der Waals surface area contributed by atoms with E-state index in [1.807, 2.05) is 49.1 Å². The van der Waals surface area contributed by atoms with Crippen LogP contribution < -0.4 is 5.32 Å². The number of halogens is 1. The van der Waals surface area contributed by atoms with Crippen LogP contribution in [0.15, 0.2) is 30.5 Å². The van der Waals surface area contributed by atoms with Gasteiger partial charge < -0.3 is 5.32 Å². The van der Waals surface area contributed by atoms with Crippen molar-refractivity contribution >= 4 is 11.6 Å². The molecule has 0 atom stereocenters. The summed E-state index contributed by atoms with van der Waals surface area (Å²) in [5.74, 6) is 0.